The number of hydrogen-bond donors (Lipinski definition) is 0. The summed E-state index contributed by atoms with van der Waals surface area (Å²) < 4.78 is 18.5. The molecule has 130 valence electrons. The van der Waals surface area contributed by atoms with Crippen LogP contribution in [0, 0.1) is 17.2 Å². The van der Waals surface area contributed by atoms with Crippen molar-refractivity contribution in [3.8, 4) is 0 Å². The first-order chi connectivity index (χ1) is 11.4. The van der Waals surface area contributed by atoms with Gasteiger partial charge in [-0.05, 0) is 37.1 Å². The topological polar surface area (TPSA) is 49.9 Å². The smallest absolute Gasteiger partial charge is 0.253 e. The Morgan fingerprint density at radius 3 is 2.42 bits per heavy atom. The second kappa shape index (κ2) is 6.51. The van der Waals surface area contributed by atoms with E-state index in [0.717, 1.165) is 12.8 Å². The molecule has 24 heavy (non-hydrogen) atoms. The summed E-state index contributed by atoms with van der Waals surface area (Å²) in [4.78, 5) is 28.8. The van der Waals surface area contributed by atoms with Gasteiger partial charge in [-0.15, -0.1) is 0 Å². The van der Waals surface area contributed by atoms with Crippen LogP contribution in [0.5, 0.6) is 0 Å². The van der Waals surface area contributed by atoms with Gasteiger partial charge in [0.15, 0.2) is 0 Å². The molecule has 5 nitrogen and oxygen atoms in total. The summed E-state index contributed by atoms with van der Waals surface area (Å²) in [6.07, 6.45) is 1.56. The first kappa shape index (κ1) is 16.9. The lowest BCUT2D eigenvalue weighted by Gasteiger charge is -2.37. The van der Waals surface area contributed by atoms with E-state index in [2.05, 4.69) is 0 Å². The number of carbonyl (C=O) groups is 2. The van der Waals surface area contributed by atoms with Crippen LogP contribution in [0.3, 0.4) is 0 Å². The van der Waals surface area contributed by atoms with E-state index < -0.39 is 0 Å². The van der Waals surface area contributed by atoms with Gasteiger partial charge in [-0.25, -0.2) is 4.39 Å². The minimum atomic E-state index is -0.366. The molecule has 1 atom stereocenters. The molecule has 2 fully saturated rings. The van der Waals surface area contributed by atoms with Gasteiger partial charge in [0.1, 0.15) is 5.82 Å². The van der Waals surface area contributed by atoms with Crippen molar-refractivity contribution in [1.82, 2.24) is 9.80 Å². The molecule has 0 aliphatic carbocycles. The SMILES string of the molecule is CN(C)C(=O)C1CN(C(=O)c2ccc(F)cc2)CC12CCOCC2. The Labute approximate surface area is 141 Å². The molecule has 2 aliphatic rings. The second-order valence-electron chi connectivity index (χ2n) is 6.95. The van der Waals surface area contributed by atoms with Crippen molar-refractivity contribution in [2.45, 2.75) is 12.8 Å². The maximum Gasteiger partial charge on any atom is 0.253 e. The van der Waals surface area contributed by atoms with E-state index in [0.29, 0.717) is 31.9 Å². The van der Waals surface area contributed by atoms with Crippen molar-refractivity contribution >= 4 is 11.8 Å². The Kier molecular flexibility index (Phi) is 4.58. The molecule has 3 rings (SSSR count). The highest BCUT2D eigenvalue weighted by Gasteiger charge is 2.52. The minimum Gasteiger partial charge on any atom is -0.381 e. The van der Waals surface area contributed by atoms with Crippen LogP contribution in [0.4, 0.5) is 4.39 Å². The van der Waals surface area contributed by atoms with Crippen LogP contribution in [0.15, 0.2) is 24.3 Å². The molecule has 0 radical (unpaired) electrons. The van der Waals surface area contributed by atoms with Crippen LogP contribution in [0.2, 0.25) is 0 Å². The third-order valence-electron chi connectivity index (χ3n) is 5.25. The molecule has 2 aliphatic heterocycles. The van der Waals surface area contributed by atoms with Crippen molar-refractivity contribution in [2.24, 2.45) is 11.3 Å². The Hall–Kier alpha value is -1.95. The van der Waals surface area contributed by atoms with Gasteiger partial charge >= 0.3 is 0 Å². The fourth-order valence-electron chi connectivity index (χ4n) is 3.83. The monoisotopic (exact) mass is 334 g/mol. The van der Waals surface area contributed by atoms with E-state index in [4.69, 9.17) is 4.74 Å². The predicted octanol–water partition coefficient (Wildman–Crippen LogP) is 1.78. The summed E-state index contributed by atoms with van der Waals surface area (Å²) in [5.41, 5.74) is 0.242. The number of hydrogen-bond acceptors (Lipinski definition) is 3. The second-order valence-corrected chi connectivity index (χ2v) is 6.95. The summed E-state index contributed by atoms with van der Waals surface area (Å²) in [6.45, 7) is 2.20. The van der Waals surface area contributed by atoms with Crippen LogP contribution >= 0.6 is 0 Å². The van der Waals surface area contributed by atoms with Crippen LogP contribution in [0.25, 0.3) is 0 Å². The van der Waals surface area contributed by atoms with Gasteiger partial charge in [-0.3, -0.25) is 9.59 Å². The van der Waals surface area contributed by atoms with Crippen molar-refractivity contribution < 1.29 is 18.7 Å². The summed E-state index contributed by atoms with van der Waals surface area (Å²) >= 11 is 0. The van der Waals surface area contributed by atoms with Crippen molar-refractivity contribution in [2.75, 3.05) is 40.4 Å². The lowest BCUT2D eigenvalue weighted by molar-refractivity contribution is -0.138. The average Bonchev–Trinajstić information content (AvgIpc) is 2.93. The molecular formula is C18H23FN2O3. The Balaban J connectivity index is 1.84. The number of nitrogens with zero attached hydrogens (tertiary/aromatic N) is 2. The van der Waals surface area contributed by atoms with Crippen LogP contribution < -0.4 is 0 Å². The first-order valence-electron chi connectivity index (χ1n) is 8.27. The zero-order valence-electron chi connectivity index (χ0n) is 14.1. The van der Waals surface area contributed by atoms with Gasteiger partial charge in [-0.1, -0.05) is 0 Å². The van der Waals surface area contributed by atoms with Gasteiger partial charge in [0.05, 0.1) is 5.92 Å². The molecule has 0 aromatic heterocycles. The van der Waals surface area contributed by atoms with Crippen LogP contribution in [-0.4, -0.2) is 62.0 Å². The van der Waals surface area contributed by atoms with E-state index in [-0.39, 0.29) is 29.0 Å². The average molecular weight is 334 g/mol. The molecule has 1 aromatic carbocycles. The van der Waals surface area contributed by atoms with E-state index >= 15 is 0 Å². The van der Waals surface area contributed by atoms with Crippen molar-refractivity contribution in [3.05, 3.63) is 35.6 Å². The third-order valence-corrected chi connectivity index (χ3v) is 5.25. The predicted molar refractivity (Wildman–Crippen MR) is 87.0 cm³/mol. The fraction of sp³-hybridized carbons (Fsp3) is 0.556. The lowest BCUT2D eigenvalue weighted by atomic mass is 9.71. The Bertz CT molecular complexity index is 624. The highest BCUT2D eigenvalue weighted by atomic mass is 19.1. The normalized spacial score (nSPS) is 22.6. The zero-order valence-corrected chi connectivity index (χ0v) is 14.1. The standard InChI is InChI=1S/C18H23FN2O3/c1-20(2)17(23)15-11-21(12-18(15)7-9-24-10-8-18)16(22)13-3-5-14(19)6-4-13/h3-6,15H,7-12H2,1-2H3. The third kappa shape index (κ3) is 3.02. The summed E-state index contributed by atoms with van der Waals surface area (Å²) in [5.74, 6) is -0.656. The molecule has 2 heterocycles. The van der Waals surface area contributed by atoms with Crippen molar-refractivity contribution in [3.63, 3.8) is 0 Å². The number of ether oxygens (including phenoxy) is 1. The van der Waals surface area contributed by atoms with Gasteiger partial charge in [0.25, 0.3) is 5.91 Å². The summed E-state index contributed by atoms with van der Waals surface area (Å²) in [7, 11) is 3.50. The molecular weight excluding hydrogens is 311 g/mol. The van der Waals surface area contributed by atoms with Gasteiger partial charge in [-0.2, -0.15) is 0 Å². The molecule has 0 saturated carbocycles. The first-order valence-corrected chi connectivity index (χ1v) is 8.27. The van der Waals surface area contributed by atoms with Crippen molar-refractivity contribution in [1.29, 1.82) is 0 Å². The van der Waals surface area contributed by atoms with Gasteiger partial charge in [0.2, 0.25) is 5.91 Å². The number of benzene rings is 1. The summed E-state index contributed by atoms with van der Waals surface area (Å²) in [6, 6.07) is 5.57. The molecule has 0 bridgehead atoms. The van der Waals surface area contributed by atoms with Crippen LogP contribution in [-0.2, 0) is 9.53 Å². The van der Waals surface area contributed by atoms with Crippen LogP contribution in [0.1, 0.15) is 23.2 Å². The number of halogens is 1. The number of likely N-dealkylation sites (tertiary alicyclic amines) is 1. The highest BCUT2D eigenvalue weighted by molar-refractivity contribution is 5.95. The summed E-state index contributed by atoms with van der Waals surface area (Å²) in [5, 5.41) is 0. The molecule has 0 N–H and O–H groups in total. The molecule has 1 aromatic rings. The fourth-order valence-corrected chi connectivity index (χ4v) is 3.83. The number of carbonyl (C=O) groups excluding carboxylic acids is 2. The Morgan fingerprint density at radius 1 is 1.21 bits per heavy atom. The maximum absolute atomic E-state index is 13.1. The highest BCUT2D eigenvalue weighted by Crippen LogP contribution is 2.45. The zero-order chi connectivity index (χ0) is 17.3. The van der Waals surface area contributed by atoms with Gasteiger partial charge in [0, 0.05) is 51.4 Å². The number of amides is 2. The van der Waals surface area contributed by atoms with Gasteiger partial charge < -0.3 is 14.5 Å². The molecule has 2 amide bonds. The lowest BCUT2D eigenvalue weighted by Crippen LogP contribution is -2.44. The van der Waals surface area contributed by atoms with E-state index in [1.54, 1.807) is 23.9 Å². The largest absolute Gasteiger partial charge is 0.381 e. The molecule has 1 unspecified atom stereocenters. The van der Waals surface area contributed by atoms with E-state index in [1.165, 1.54) is 24.3 Å². The number of rotatable bonds is 2. The van der Waals surface area contributed by atoms with E-state index in [1.807, 2.05) is 0 Å². The molecule has 2 saturated heterocycles. The quantitative estimate of drug-likeness (QED) is 0.828. The molecule has 1 spiro atoms. The maximum atomic E-state index is 13.1. The molecule has 6 heteroatoms. The van der Waals surface area contributed by atoms with E-state index in [9.17, 15) is 14.0 Å². The Morgan fingerprint density at radius 2 is 1.83 bits per heavy atom. The minimum absolute atomic E-state index is 0.0614.